The van der Waals surface area contributed by atoms with Gasteiger partial charge in [-0.15, -0.1) is 36.2 Å². The molecule has 0 aliphatic carbocycles. The van der Waals surface area contributed by atoms with E-state index in [1.165, 1.54) is 11.3 Å². The van der Waals surface area contributed by atoms with Gasteiger partial charge in [0.1, 0.15) is 9.88 Å². The maximum atomic E-state index is 12.5. The van der Waals surface area contributed by atoms with E-state index in [2.05, 4.69) is 22.2 Å². The van der Waals surface area contributed by atoms with Crippen LogP contribution < -0.4 is 5.32 Å². The van der Waals surface area contributed by atoms with Gasteiger partial charge in [-0.25, -0.2) is 4.98 Å². The molecule has 5 nitrogen and oxygen atoms in total. The van der Waals surface area contributed by atoms with Crippen molar-refractivity contribution in [2.45, 2.75) is 13.0 Å². The van der Waals surface area contributed by atoms with Crippen molar-refractivity contribution in [3.63, 3.8) is 0 Å². The molecule has 3 heterocycles. The van der Waals surface area contributed by atoms with E-state index in [0.717, 1.165) is 30.2 Å². The lowest BCUT2D eigenvalue weighted by molar-refractivity contribution is 0.0660. The zero-order valence-electron chi connectivity index (χ0n) is 12.1. The first-order valence-corrected chi connectivity index (χ1v) is 7.45. The standard InChI is InChI=1S/C14H16N4OS.2ClH/c1-10-8-16-6-7-18(10)14(19)12-9-17-13(20-12)11-2-4-15-5-3-11;;/h2-5,9-10,16H,6-8H2,1H3;2*1H/t10-;;/m1../s1. The Morgan fingerprint density at radius 3 is 2.77 bits per heavy atom. The summed E-state index contributed by atoms with van der Waals surface area (Å²) < 4.78 is 0. The van der Waals surface area contributed by atoms with Crippen molar-refractivity contribution in [1.29, 1.82) is 0 Å². The third-order valence-corrected chi connectivity index (χ3v) is 4.44. The van der Waals surface area contributed by atoms with E-state index in [4.69, 9.17) is 0 Å². The number of amides is 1. The normalized spacial score (nSPS) is 17.3. The molecule has 1 N–H and O–H groups in total. The van der Waals surface area contributed by atoms with Crippen LogP contribution in [0.4, 0.5) is 0 Å². The Bertz CT molecular complexity index is 608. The first-order chi connectivity index (χ1) is 9.75. The maximum Gasteiger partial charge on any atom is 0.265 e. The zero-order valence-corrected chi connectivity index (χ0v) is 14.5. The lowest BCUT2D eigenvalue weighted by Crippen LogP contribution is -2.52. The van der Waals surface area contributed by atoms with Crippen molar-refractivity contribution in [1.82, 2.24) is 20.2 Å². The molecule has 1 aliphatic heterocycles. The van der Waals surface area contributed by atoms with E-state index in [0.29, 0.717) is 4.88 Å². The number of halogens is 2. The molecule has 1 atom stereocenters. The number of pyridine rings is 1. The summed E-state index contributed by atoms with van der Waals surface area (Å²) in [5.74, 6) is 0.0804. The van der Waals surface area contributed by atoms with Crippen LogP contribution in [0.3, 0.4) is 0 Å². The SMILES string of the molecule is C[C@@H]1CNCCN1C(=O)c1cnc(-c2ccncc2)s1.Cl.Cl. The summed E-state index contributed by atoms with van der Waals surface area (Å²) in [6.07, 6.45) is 5.14. The van der Waals surface area contributed by atoms with Crippen molar-refractivity contribution in [3.8, 4) is 10.6 Å². The molecule has 120 valence electrons. The summed E-state index contributed by atoms with van der Waals surface area (Å²) in [6, 6.07) is 4.03. The van der Waals surface area contributed by atoms with E-state index < -0.39 is 0 Å². The minimum absolute atomic E-state index is 0. The van der Waals surface area contributed by atoms with Crippen molar-refractivity contribution < 1.29 is 4.79 Å². The molecule has 0 saturated carbocycles. The summed E-state index contributed by atoms with van der Waals surface area (Å²) in [5, 5.41) is 4.15. The fraction of sp³-hybridized carbons (Fsp3) is 0.357. The van der Waals surface area contributed by atoms with Gasteiger partial charge < -0.3 is 10.2 Å². The molecule has 0 spiro atoms. The Morgan fingerprint density at radius 1 is 1.36 bits per heavy atom. The Balaban J connectivity index is 0.00000121. The van der Waals surface area contributed by atoms with Crippen LogP contribution in [0.2, 0.25) is 0 Å². The Labute approximate surface area is 146 Å². The zero-order chi connectivity index (χ0) is 13.9. The van der Waals surface area contributed by atoms with Crippen LogP contribution in [0.15, 0.2) is 30.7 Å². The molecule has 1 aliphatic rings. The van der Waals surface area contributed by atoms with Gasteiger partial charge in [0.15, 0.2) is 0 Å². The molecule has 0 unspecified atom stereocenters. The molecule has 3 rings (SSSR count). The summed E-state index contributed by atoms with van der Waals surface area (Å²) in [6.45, 7) is 4.52. The average molecular weight is 361 g/mol. The number of carbonyl (C=O) groups excluding carboxylic acids is 1. The highest BCUT2D eigenvalue weighted by molar-refractivity contribution is 7.16. The largest absolute Gasteiger partial charge is 0.333 e. The van der Waals surface area contributed by atoms with Gasteiger partial charge in [-0.3, -0.25) is 9.78 Å². The summed E-state index contributed by atoms with van der Waals surface area (Å²) >= 11 is 1.44. The lowest BCUT2D eigenvalue weighted by Gasteiger charge is -2.33. The molecular formula is C14H18Cl2N4OS. The highest BCUT2D eigenvalue weighted by Crippen LogP contribution is 2.25. The second-order valence-corrected chi connectivity index (χ2v) is 5.85. The van der Waals surface area contributed by atoms with Gasteiger partial charge in [0, 0.05) is 43.6 Å². The Morgan fingerprint density at radius 2 is 2.09 bits per heavy atom. The van der Waals surface area contributed by atoms with Crippen LogP contribution in [0, 0.1) is 0 Å². The second-order valence-electron chi connectivity index (χ2n) is 4.82. The summed E-state index contributed by atoms with van der Waals surface area (Å²) in [4.78, 5) is 23.5. The number of aromatic nitrogens is 2. The molecule has 1 amide bonds. The number of piperazine rings is 1. The second kappa shape index (κ2) is 8.43. The minimum atomic E-state index is 0. The van der Waals surface area contributed by atoms with Gasteiger partial charge >= 0.3 is 0 Å². The fourth-order valence-corrected chi connectivity index (χ4v) is 3.16. The van der Waals surface area contributed by atoms with Crippen LogP contribution in [0.5, 0.6) is 0 Å². The molecule has 1 saturated heterocycles. The minimum Gasteiger partial charge on any atom is -0.333 e. The van der Waals surface area contributed by atoms with Gasteiger partial charge in [0.2, 0.25) is 0 Å². The number of nitrogens with zero attached hydrogens (tertiary/aromatic N) is 3. The molecular weight excluding hydrogens is 343 g/mol. The third kappa shape index (κ3) is 3.95. The highest BCUT2D eigenvalue weighted by Gasteiger charge is 2.25. The van der Waals surface area contributed by atoms with E-state index in [1.54, 1.807) is 18.6 Å². The summed E-state index contributed by atoms with van der Waals surface area (Å²) in [5.41, 5.74) is 0.998. The topological polar surface area (TPSA) is 58.1 Å². The maximum absolute atomic E-state index is 12.5. The third-order valence-electron chi connectivity index (χ3n) is 3.41. The monoisotopic (exact) mass is 360 g/mol. The number of nitrogens with one attached hydrogen (secondary N) is 1. The van der Waals surface area contributed by atoms with Crippen LogP contribution in [0.1, 0.15) is 16.6 Å². The molecule has 1 fully saturated rings. The van der Waals surface area contributed by atoms with Crippen LogP contribution >= 0.6 is 36.2 Å². The fourth-order valence-electron chi connectivity index (χ4n) is 2.29. The first kappa shape index (κ1) is 18.8. The van der Waals surface area contributed by atoms with Crippen molar-refractivity contribution in [2.24, 2.45) is 0 Å². The Kier molecular flexibility index (Phi) is 7.22. The van der Waals surface area contributed by atoms with E-state index in [-0.39, 0.29) is 36.8 Å². The average Bonchev–Trinajstić information content (AvgIpc) is 2.98. The van der Waals surface area contributed by atoms with Crippen LogP contribution in [0.25, 0.3) is 10.6 Å². The van der Waals surface area contributed by atoms with E-state index in [1.807, 2.05) is 17.0 Å². The quantitative estimate of drug-likeness (QED) is 0.893. The van der Waals surface area contributed by atoms with E-state index in [9.17, 15) is 4.79 Å². The van der Waals surface area contributed by atoms with Crippen molar-refractivity contribution >= 4 is 42.1 Å². The molecule has 22 heavy (non-hydrogen) atoms. The molecule has 2 aromatic heterocycles. The number of rotatable bonds is 2. The van der Waals surface area contributed by atoms with Crippen molar-refractivity contribution in [3.05, 3.63) is 35.6 Å². The number of hydrogen-bond donors (Lipinski definition) is 1. The van der Waals surface area contributed by atoms with Gasteiger partial charge in [-0.05, 0) is 19.1 Å². The Hall–Kier alpha value is -1.21. The molecule has 8 heteroatoms. The van der Waals surface area contributed by atoms with Crippen LogP contribution in [-0.2, 0) is 0 Å². The molecule has 0 bridgehead atoms. The van der Waals surface area contributed by atoms with Crippen molar-refractivity contribution in [2.75, 3.05) is 19.6 Å². The van der Waals surface area contributed by atoms with Gasteiger partial charge in [0.25, 0.3) is 5.91 Å². The molecule has 0 radical (unpaired) electrons. The highest BCUT2D eigenvalue weighted by atomic mass is 35.5. The lowest BCUT2D eigenvalue weighted by atomic mass is 10.2. The predicted molar refractivity (Wildman–Crippen MR) is 93.2 cm³/mol. The summed E-state index contributed by atoms with van der Waals surface area (Å²) in [7, 11) is 0. The molecule has 2 aromatic rings. The number of thiazole rings is 1. The van der Waals surface area contributed by atoms with Crippen LogP contribution in [-0.4, -0.2) is 46.5 Å². The van der Waals surface area contributed by atoms with Gasteiger partial charge in [-0.2, -0.15) is 0 Å². The van der Waals surface area contributed by atoms with Gasteiger partial charge in [-0.1, -0.05) is 0 Å². The smallest absolute Gasteiger partial charge is 0.265 e. The number of hydrogen-bond acceptors (Lipinski definition) is 5. The van der Waals surface area contributed by atoms with Gasteiger partial charge in [0.05, 0.1) is 6.20 Å². The number of carbonyl (C=O) groups is 1. The first-order valence-electron chi connectivity index (χ1n) is 6.63. The van der Waals surface area contributed by atoms with E-state index >= 15 is 0 Å². The predicted octanol–water partition coefficient (Wildman–Crippen LogP) is 2.48. The molecule has 0 aromatic carbocycles.